The van der Waals surface area contributed by atoms with Crippen LogP contribution in [0.2, 0.25) is 0 Å². The average Bonchev–Trinajstić information content (AvgIpc) is 2.12. The number of quaternary nitrogens is 1. The van der Waals surface area contributed by atoms with Crippen LogP contribution < -0.4 is 6.15 Å². The monoisotopic (exact) mass is 228 g/mol. The molecule has 9 heteroatoms. The summed E-state index contributed by atoms with van der Waals surface area (Å²) in [5, 5.41) is 51.5. The van der Waals surface area contributed by atoms with Crippen LogP contribution in [0.4, 0.5) is 0 Å². The molecule has 0 rings (SSSR count). The van der Waals surface area contributed by atoms with Gasteiger partial charge in [0, 0.05) is 0 Å². The molecule has 0 aliphatic carbocycles. The minimum atomic E-state index is -2.36. The van der Waals surface area contributed by atoms with E-state index in [1.165, 1.54) is 0 Å². The molecule has 0 unspecified atom stereocenters. The van der Waals surface area contributed by atoms with Gasteiger partial charge in [0.05, 0.1) is 0 Å². The Hall–Kier alpha value is -1.26. The van der Waals surface area contributed by atoms with Crippen molar-refractivity contribution in [1.29, 1.82) is 0 Å². The van der Waals surface area contributed by atoms with Crippen molar-refractivity contribution < 1.29 is 40.2 Å². The SMILES string of the molecule is O=C(O)[C@@H](O)[C@@H](O)[C@H](O)[C@@H](O)C(=O)O.[NH4+]. The van der Waals surface area contributed by atoms with Gasteiger partial charge in [0.15, 0.2) is 12.2 Å². The topological polar surface area (TPSA) is 192 Å². The molecule has 0 aliphatic rings. The molecule has 0 radical (unpaired) electrons. The Labute approximate surface area is 83.8 Å². The fourth-order valence-corrected chi connectivity index (χ4v) is 0.666. The first-order chi connectivity index (χ1) is 6.29. The van der Waals surface area contributed by atoms with E-state index in [1.807, 2.05) is 0 Å². The van der Waals surface area contributed by atoms with Crippen molar-refractivity contribution in [3.8, 4) is 0 Å². The van der Waals surface area contributed by atoms with Crippen molar-refractivity contribution in [3.63, 3.8) is 0 Å². The van der Waals surface area contributed by atoms with Crippen LogP contribution in [-0.4, -0.2) is 67.0 Å². The number of hydrogen-bond donors (Lipinski definition) is 7. The van der Waals surface area contributed by atoms with Gasteiger partial charge in [-0.15, -0.1) is 0 Å². The normalized spacial score (nSPS) is 18.1. The Morgan fingerprint density at radius 3 is 1.07 bits per heavy atom. The summed E-state index contributed by atoms with van der Waals surface area (Å²) in [6.45, 7) is 0. The number of hydrogen-bond acceptors (Lipinski definition) is 6. The standard InChI is InChI=1S/C6H10O8.H3N/c7-1(3(9)5(11)12)2(8)4(10)6(13)14;/h1-4,7-10H,(H,11,12)(H,13,14);1H3/p+1/t1-,2-,3-,4+;/m0./s1. The molecular formula is C6H14NO8+. The highest BCUT2D eigenvalue weighted by atomic mass is 16.4. The third-order valence-electron chi connectivity index (χ3n) is 1.50. The maximum Gasteiger partial charge on any atom is 0.335 e. The first-order valence-electron chi connectivity index (χ1n) is 3.47. The smallest absolute Gasteiger partial charge is 0.335 e. The van der Waals surface area contributed by atoms with Gasteiger partial charge in [0.25, 0.3) is 0 Å². The Bertz CT molecular complexity index is 207. The fraction of sp³-hybridized carbons (Fsp3) is 0.667. The molecule has 10 N–H and O–H groups in total. The van der Waals surface area contributed by atoms with E-state index in [4.69, 9.17) is 30.6 Å². The van der Waals surface area contributed by atoms with Gasteiger partial charge in [0.2, 0.25) is 0 Å². The summed E-state index contributed by atoms with van der Waals surface area (Å²) in [6, 6.07) is 0. The number of aliphatic hydroxyl groups is 4. The van der Waals surface area contributed by atoms with Crippen LogP contribution in [0.15, 0.2) is 0 Å². The van der Waals surface area contributed by atoms with Crippen molar-refractivity contribution in [1.82, 2.24) is 6.15 Å². The van der Waals surface area contributed by atoms with Crippen molar-refractivity contribution in [2.75, 3.05) is 0 Å². The number of carboxylic acid groups (broad SMARTS) is 2. The van der Waals surface area contributed by atoms with E-state index in [0.29, 0.717) is 0 Å². The summed E-state index contributed by atoms with van der Waals surface area (Å²) < 4.78 is 0. The second-order valence-corrected chi connectivity index (χ2v) is 2.55. The number of carbonyl (C=O) groups is 2. The van der Waals surface area contributed by atoms with E-state index >= 15 is 0 Å². The molecule has 90 valence electrons. The largest absolute Gasteiger partial charge is 0.479 e. The Balaban J connectivity index is 0. The molecule has 0 aromatic carbocycles. The van der Waals surface area contributed by atoms with E-state index in [-0.39, 0.29) is 6.15 Å². The predicted octanol–water partition coefficient (Wildman–Crippen LogP) is -3.02. The first-order valence-corrected chi connectivity index (χ1v) is 3.47. The molecule has 0 aliphatic heterocycles. The van der Waals surface area contributed by atoms with E-state index in [9.17, 15) is 9.59 Å². The lowest BCUT2D eigenvalue weighted by molar-refractivity contribution is -0.172. The molecule has 0 saturated heterocycles. The quantitative estimate of drug-likeness (QED) is 0.258. The highest BCUT2D eigenvalue weighted by molar-refractivity contribution is 5.75. The van der Waals surface area contributed by atoms with Gasteiger partial charge in [-0.25, -0.2) is 9.59 Å². The van der Waals surface area contributed by atoms with E-state index in [2.05, 4.69) is 0 Å². The highest BCUT2D eigenvalue weighted by Gasteiger charge is 2.37. The van der Waals surface area contributed by atoms with Gasteiger partial charge in [-0.2, -0.15) is 0 Å². The summed E-state index contributed by atoms with van der Waals surface area (Å²) in [5.41, 5.74) is 0. The average molecular weight is 228 g/mol. The van der Waals surface area contributed by atoms with E-state index in [1.54, 1.807) is 0 Å². The highest BCUT2D eigenvalue weighted by Crippen LogP contribution is 2.05. The molecule has 0 bridgehead atoms. The van der Waals surface area contributed by atoms with Gasteiger partial charge in [-0.05, 0) is 0 Å². The lowest BCUT2D eigenvalue weighted by Crippen LogP contribution is -2.49. The zero-order valence-corrected chi connectivity index (χ0v) is 7.81. The molecule has 0 aromatic heterocycles. The number of carboxylic acids is 2. The predicted molar refractivity (Wildman–Crippen MR) is 45.3 cm³/mol. The Morgan fingerprint density at radius 2 is 0.933 bits per heavy atom. The first kappa shape index (κ1) is 16.2. The maximum absolute atomic E-state index is 10.1. The van der Waals surface area contributed by atoms with Crippen molar-refractivity contribution in [3.05, 3.63) is 0 Å². The summed E-state index contributed by atoms with van der Waals surface area (Å²) in [6.07, 6.45) is -9.28. The zero-order chi connectivity index (χ0) is 11.5. The van der Waals surface area contributed by atoms with Gasteiger partial charge in [0.1, 0.15) is 12.2 Å². The molecule has 15 heavy (non-hydrogen) atoms. The van der Waals surface area contributed by atoms with Crippen LogP contribution in [0.5, 0.6) is 0 Å². The minimum Gasteiger partial charge on any atom is -0.479 e. The van der Waals surface area contributed by atoms with Crippen molar-refractivity contribution >= 4 is 11.9 Å². The molecule has 0 heterocycles. The van der Waals surface area contributed by atoms with Gasteiger partial charge in [-0.1, -0.05) is 0 Å². The van der Waals surface area contributed by atoms with E-state index in [0.717, 1.165) is 0 Å². The third-order valence-corrected chi connectivity index (χ3v) is 1.50. The summed E-state index contributed by atoms with van der Waals surface area (Å²) in [7, 11) is 0. The zero-order valence-electron chi connectivity index (χ0n) is 7.81. The fourth-order valence-electron chi connectivity index (χ4n) is 0.666. The summed E-state index contributed by atoms with van der Waals surface area (Å²) in [5.74, 6) is -3.68. The molecule has 9 nitrogen and oxygen atoms in total. The number of aliphatic carboxylic acids is 2. The van der Waals surface area contributed by atoms with Gasteiger partial charge in [-0.3, -0.25) is 0 Å². The van der Waals surface area contributed by atoms with Crippen LogP contribution in [0.25, 0.3) is 0 Å². The summed E-state index contributed by atoms with van der Waals surface area (Å²) >= 11 is 0. The molecule has 0 spiro atoms. The van der Waals surface area contributed by atoms with Gasteiger partial charge >= 0.3 is 11.9 Å². The molecule has 4 atom stereocenters. The van der Waals surface area contributed by atoms with Gasteiger partial charge < -0.3 is 36.8 Å². The molecule has 0 fully saturated rings. The van der Waals surface area contributed by atoms with Crippen LogP contribution in [0.3, 0.4) is 0 Å². The molecule has 0 aromatic rings. The van der Waals surface area contributed by atoms with Crippen molar-refractivity contribution in [2.24, 2.45) is 0 Å². The van der Waals surface area contributed by atoms with Crippen molar-refractivity contribution in [2.45, 2.75) is 24.4 Å². The second kappa shape index (κ2) is 6.27. The second-order valence-electron chi connectivity index (χ2n) is 2.55. The van der Waals surface area contributed by atoms with Crippen LogP contribution in [-0.2, 0) is 9.59 Å². The number of rotatable bonds is 5. The Morgan fingerprint density at radius 1 is 0.733 bits per heavy atom. The van der Waals surface area contributed by atoms with Crippen LogP contribution in [0, 0.1) is 0 Å². The van der Waals surface area contributed by atoms with Crippen LogP contribution >= 0.6 is 0 Å². The maximum atomic E-state index is 10.1. The minimum absolute atomic E-state index is 0. The van der Waals surface area contributed by atoms with Crippen LogP contribution in [0.1, 0.15) is 0 Å². The molecule has 0 amide bonds. The number of aliphatic hydroxyl groups excluding tert-OH is 4. The lowest BCUT2D eigenvalue weighted by atomic mass is 10.0. The van der Waals surface area contributed by atoms with E-state index < -0.39 is 36.4 Å². The molecule has 0 saturated carbocycles. The summed E-state index contributed by atoms with van der Waals surface area (Å²) in [4.78, 5) is 20.2. The Kier molecular flexibility index (Phi) is 6.76. The lowest BCUT2D eigenvalue weighted by Gasteiger charge is -2.21. The molecular weight excluding hydrogens is 214 g/mol. The third kappa shape index (κ3) is 4.18.